The van der Waals surface area contributed by atoms with Crippen LogP contribution in [0.25, 0.3) is 0 Å². The first kappa shape index (κ1) is 14.8. The number of rotatable bonds is 5. The molecule has 0 unspecified atom stereocenters. The van der Waals surface area contributed by atoms with Crippen LogP contribution in [-0.4, -0.2) is 36.5 Å². The lowest BCUT2D eigenvalue weighted by Crippen LogP contribution is -2.42. The van der Waals surface area contributed by atoms with Crippen LogP contribution in [0.3, 0.4) is 0 Å². The molecular weight excluding hydrogens is 351 g/mol. The quantitative estimate of drug-likeness (QED) is 0.807. The Balaban J connectivity index is 1.88. The van der Waals surface area contributed by atoms with Gasteiger partial charge in [0.05, 0.1) is 0 Å². The summed E-state index contributed by atoms with van der Waals surface area (Å²) in [5.41, 5.74) is 0.753. The van der Waals surface area contributed by atoms with Crippen LogP contribution in [0.2, 0.25) is 0 Å². The number of hydrogen-bond acceptors (Lipinski definition) is 2. The molecule has 1 saturated heterocycles. The third-order valence-electron chi connectivity index (χ3n) is 3.71. The maximum absolute atomic E-state index is 12.1. The molecule has 1 atom stereocenters. The minimum atomic E-state index is 0.0381. The van der Waals surface area contributed by atoms with Gasteiger partial charge in [-0.05, 0) is 73.1 Å². The minimum absolute atomic E-state index is 0.0381. The number of nitrogens with one attached hydrogen (secondary N) is 1. The molecule has 0 spiro atoms. The monoisotopic (exact) mass is 372 g/mol. The Bertz CT molecular complexity index is 430. The molecule has 19 heavy (non-hydrogen) atoms. The van der Waals surface area contributed by atoms with Gasteiger partial charge in [-0.1, -0.05) is 13.0 Å². The molecule has 3 nitrogen and oxygen atoms in total. The van der Waals surface area contributed by atoms with E-state index in [4.69, 9.17) is 0 Å². The van der Waals surface area contributed by atoms with Gasteiger partial charge in [0, 0.05) is 21.7 Å². The lowest BCUT2D eigenvalue weighted by atomic mass is 10.1. The molecule has 4 heteroatoms. The average Bonchev–Trinajstić information content (AvgIpc) is 2.93. The molecule has 1 heterocycles. The van der Waals surface area contributed by atoms with Gasteiger partial charge in [0.1, 0.15) is 0 Å². The summed E-state index contributed by atoms with van der Waals surface area (Å²) in [7, 11) is 0. The highest BCUT2D eigenvalue weighted by Gasteiger charge is 2.20. The molecule has 1 aromatic carbocycles. The third-order valence-corrected chi connectivity index (χ3v) is 4.38. The van der Waals surface area contributed by atoms with Crippen molar-refractivity contribution in [3.8, 4) is 0 Å². The smallest absolute Gasteiger partial charge is 0.251 e. The van der Waals surface area contributed by atoms with E-state index < -0.39 is 0 Å². The second-order valence-corrected chi connectivity index (χ2v) is 6.27. The summed E-state index contributed by atoms with van der Waals surface area (Å²) in [6.07, 6.45) is 3.68. The van der Waals surface area contributed by atoms with Crippen molar-refractivity contribution < 1.29 is 4.79 Å². The first-order valence-corrected chi connectivity index (χ1v) is 8.06. The van der Waals surface area contributed by atoms with E-state index in [9.17, 15) is 4.79 Å². The van der Waals surface area contributed by atoms with Gasteiger partial charge in [-0.15, -0.1) is 0 Å². The molecule has 0 saturated carbocycles. The maximum Gasteiger partial charge on any atom is 0.251 e. The van der Waals surface area contributed by atoms with Gasteiger partial charge in [0.15, 0.2) is 0 Å². The second kappa shape index (κ2) is 7.24. The zero-order chi connectivity index (χ0) is 13.7. The highest BCUT2D eigenvalue weighted by atomic mass is 127. The number of nitrogens with zero attached hydrogens (tertiary/aromatic N) is 1. The van der Waals surface area contributed by atoms with Crippen molar-refractivity contribution in [1.29, 1.82) is 0 Å². The van der Waals surface area contributed by atoms with Gasteiger partial charge < -0.3 is 5.32 Å². The summed E-state index contributed by atoms with van der Waals surface area (Å²) in [4.78, 5) is 14.6. The standard InChI is InChI=1S/C15H21IN2O/c1-2-14(18-8-3-4-9-18)11-17-15(19)12-6-5-7-13(16)10-12/h5-7,10,14H,2-4,8-9,11H2,1H3,(H,17,19)/t14-/m1/s1. The second-order valence-electron chi connectivity index (χ2n) is 5.03. The molecule has 1 N–H and O–H groups in total. The number of likely N-dealkylation sites (tertiary alicyclic amines) is 1. The zero-order valence-electron chi connectivity index (χ0n) is 11.4. The van der Waals surface area contributed by atoms with E-state index in [0.717, 1.165) is 22.1 Å². The summed E-state index contributed by atoms with van der Waals surface area (Å²) < 4.78 is 1.09. The van der Waals surface area contributed by atoms with Crippen molar-refractivity contribution in [2.24, 2.45) is 0 Å². The highest BCUT2D eigenvalue weighted by molar-refractivity contribution is 14.1. The summed E-state index contributed by atoms with van der Waals surface area (Å²) in [6, 6.07) is 8.19. The fourth-order valence-electron chi connectivity index (χ4n) is 2.58. The predicted molar refractivity (Wildman–Crippen MR) is 86.4 cm³/mol. The van der Waals surface area contributed by atoms with E-state index in [-0.39, 0.29) is 5.91 Å². The Morgan fingerprint density at radius 2 is 2.16 bits per heavy atom. The Morgan fingerprint density at radius 1 is 1.42 bits per heavy atom. The van der Waals surface area contributed by atoms with Crippen molar-refractivity contribution in [2.75, 3.05) is 19.6 Å². The molecule has 0 aliphatic carbocycles. The van der Waals surface area contributed by atoms with Gasteiger partial charge in [-0.2, -0.15) is 0 Å². The van der Waals surface area contributed by atoms with Crippen LogP contribution in [0.5, 0.6) is 0 Å². The lowest BCUT2D eigenvalue weighted by molar-refractivity contribution is 0.0937. The van der Waals surface area contributed by atoms with Gasteiger partial charge in [-0.3, -0.25) is 9.69 Å². The van der Waals surface area contributed by atoms with Gasteiger partial charge in [0.2, 0.25) is 0 Å². The summed E-state index contributed by atoms with van der Waals surface area (Å²) in [5, 5.41) is 3.07. The molecular formula is C15H21IN2O. The van der Waals surface area contributed by atoms with E-state index in [0.29, 0.717) is 6.04 Å². The molecule has 104 valence electrons. The summed E-state index contributed by atoms with van der Waals surface area (Å²) in [5.74, 6) is 0.0381. The Morgan fingerprint density at radius 3 is 2.79 bits per heavy atom. The number of carbonyl (C=O) groups is 1. The van der Waals surface area contributed by atoms with E-state index in [2.05, 4.69) is 39.7 Å². The van der Waals surface area contributed by atoms with E-state index >= 15 is 0 Å². The van der Waals surface area contributed by atoms with Crippen molar-refractivity contribution in [3.05, 3.63) is 33.4 Å². The normalized spacial score (nSPS) is 17.4. The van der Waals surface area contributed by atoms with Crippen LogP contribution >= 0.6 is 22.6 Å². The molecule has 0 bridgehead atoms. The van der Waals surface area contributed by atoms with E-state index in [1.54, 1.807) is 0 Å². The van der Waals surface area contributed by atoms with Crippen LogP contribution in [-0.2, 0) is 0 Å². The van der Waals surface area contributed by atoms with Crippen LogP contribution < -0.4 is 5.32 Å². The Labute approximate surface area is 128 Å². The predicted octanol–water partition coefficient (Wildman–Crippen LogP) is 2.90. The zero-order valence-corrected chi connectivity index (χ0v) is 13.5. The third kappa shape index (κ3) is 4.18. The SMILES string of the molecule is CC[C@H](CNC(=O)c1cccc(I)c1)N1CCCC1. The minimum Gasteiger partial charge on any atom is -0.350 e. The molecule has 0 aromatic heterocycles. The molecule has 1 aliphatic heterocycles. The molecule has 2 rings (SSSR count). The maximum atomic E-state index is 12.1. The fraction of sp³-hybridized carbons (Fsp3) is 0.533. The molecule has 1 amide bonds. The van der Waals surface area contributed by atoms with Crippen molar-refractivity contribution in [3.63, 3.8) is 0 Å². The van der Waals surface area contributed by atoms with Gasteiger partial charge in [0.25, 0.3) is 5.91 Å². The van der Waals surface area contributed by atoms with Crippen LogP contribution in [0, 0.1) is 3.57 Å². The van der Waals surface area contributed by atoms with Crippen molar-refractivity contribution in [2.45, 2.75) is 32.2 Å². The molecule has 1 aliphatic rings. The Hall–Kier alpha value is -0.620. The summed E-state index contributed by atoms with van der Waals surface area (Å²) in [6.45, 7) is 5.30. The first-order valence-electron chi connectivity index (χ1n) is 6.98. The summed E-state index contributed by atoms with van der Waals surface area (Å²) >= 11 is 2.23. The number of amides is 1. The number of benzene rings is 1. The van der Waals surface area contributed by atoms with Crippen LogP contribution in [0.1, 0.15) is 36.5 Å². The fourth-order valence-corrected chi connectivity index (χ4v) is 3.12. The molecule has 0 radical (unpaired) electrons. The number of carbonyl (C=O) groups excluding carboxylic acids is 1. The van der Waals surface area contributed by atoms with Crippen molar-refractivity contribution in [1.82, 2.24) is 10.2 Å². The highest BCUT2D eigenvalue weighted by Crippen LogP contribution is 2.14. The molecule has 1 fully saturated rings. The van der Waals surface area contributed by atoms with Crippen LogP contribution in [0.4, 0.5) is 0 Å². The van der Waals surface area contributed by atoms with Gasteiger partial charge >= 0.3 is 0 Å². The largest absolute Gasteiger partial charge is 0.350 e. The van der Waals surface area contributed by atoms with Gasteiger partial charge in [-0.25, -0.2) is 0 Å². The number of halogens is 1. The van der Waals surface area contributed by atoms with Crippen molar-refractivity contribution >= 4 is 28.5 Å². The van der Waals surface area contributed by atoms with E-state index in [1.807, 2.05) is 24.3 Å². The topological polar surface area (TPSA) is 32.3 Å². The number of hydrogen-bond donors (Lipinski definition) is 1. The average molecular weight is 372 g/mol. The molecule has 1 aromatic rings. The first-order chi connectivity index (χ1) is 9.20. The van der Waals surface area contributed by atoms with Crippen LogP contribution in [0.15, 0.2) is 24.3 Å². The lowest BCUT2D eigenvalue weighted by Gasteiger charge is -2.26. The van der Waals surface area contributed by atoms with E-state index in [1.165, 1.54) is 25.9 Å². The Kier molecular flexibility index (Phi) is 5.63.